The third-order valence-electron chi connectivity index (χ3n) is 2.31. The fourth-order valence-electron chi connectivity index (χ4n) is 1.57. The van der Waals surface area contributed by atoms with Crippen molar-refractivity contribution in [2.75, 3.05) is 7.11 Å². The lowest BCUT2D eigenvalue weighted by atomic mass is 9.90. The first kappa shape index (κ1) is 12.6. The Morgan fingerprint density at radius 2 is 2.00 bits per heavy atom. The van der Waals surface area contributed by atoms with Crippen LogP contribution in [0.25, 0.3) is 6.08 Å². The molecule has 1 aromatic rings. The fourth-order valence-corrected chi connectivity index (χ4v) is 1.57. The number of allylic oxidation sites excluding steroid dienone is 1. The Bertz CT molecular complexity index is 450. The standard InChI is InChI=1S/C13H19NO2/c1-6-7-9-8-10(15)11(16-5)12(14-9)13(2,3)4/h6-8H,1-5H3,(H,14,15)/b7-6+. The average molecular weight is 221 g/mol. The number of ether oxygens (including phenoxy) is 1. The minimum atomic E-state index is -0.151. The molecular weight excluding hydrogens is 202 g/mol. The molecule has 0 spiro atoms. The van der Waals surface area contributed by atoms with E-state index in [1.165, 1.54) is 7.11 Å². The minimum Gasteiger partial charge on any atom is -0.491 e. The summed E-state index contributed by atoms with van der Waals surface area (Å²) in [4.78, 5) is 15.1. The van der Waals surface area contributed by atoms with Crippen LogP contribution in [-0.2, 0) is 5.41 Å². The van der Waals surface area contributed by atoms with Crippen LogP contribution in [0.15, 0.2) is 16.9 Å². The first-order valence-corrected chi connectivity index (χ1v) is 5.34. The van der Waals surface area contributed by atoms with E-state index in [0.29, 0.717) is 5.75 Å². The summed E-state index contributed by atoms with van der Waals surface area (Å²) in [5, 5.41) is 0. The molecule has 0 aliphatic carbocycles. The lowest BCUT2D eigenvalue weighted by Crippen LogP contribution is -2.21. The van der Waals surface area contributed by atoms with Crippen LogP contribution in [0.1, 0.15) is 39.1 Å². The number of rotatable bonds is 2. The summed E-state index contributed by atoms with van der Waals surface area (Å²) in [5.41, 5.74) is 1.40. The predicted octanol–water partition coefficient (Wildman–Crippen LogP) is 2.71. The summed E-state index contributed by atoms with van der Waals surface area (Å²) in [7, 11) is 1.52. The molecule has 1 rings (SSSR count). The van der Waals surface area contributed by atoms with Gasteiger partial charge in [0.25, 0.3) is 0 Å². The molecule has 0 saturated heterocycles. The van der Waals surface area contributed by atoms with Gasteiger partial charge in [-0.25, -0.2) is 0 Å². The number of aromatic amines is 1. The molecule has 0 saturated carbocycles. The molecule has 0 bridgehead atoms. The first-order valence-electron chi connectivity index (χ1n) is 5.34. The SMILES string of the molecule is C/C=C/c1cc(=O)c(OC)c(C(C)(C)C)[nH]1. The molecule has 16 heavy (non-hydrogen) atoms. The molecule has 0 aliphatic heterocycles. The molecule has 0 amide bonds. The number of nitrogens with one attached hydrogen (secondary N) is 1. The highest BCUT2D eigenvalue weighted by atomic mass is 16.5. The van der Waals surface area contributed by atoms with E-state index in [9.17, 15) is 4.79 Å². The molecule has 3 heteroatoms. The maximum absolute atomic E-state index is 11.8. The number of aromatic nitrogens is 1. The number of methoxy groups -OCH3 is 1. The number of pyridine rings is 1. The predicted molar refractivity (Wildman–Crippen MR) is 67.0 cm³/mol. The Kier molecular flexibility index (Phi) is 3.58. The molecule has 0 atom stereocenters. The lowest BCUT2D eigenvalue weighted by molar-refractivity contribution is 0.388. The molecule has 0 fully saturated rings. The fraction of sp³-hybridized carbons (Fsp3) is 0.462. The zero-order valence-electron chi connectivity index (χ0n) is 10.5. The highest BCUT2D eigenvalue weighted by Gasteiger charge is 2.22. The van der Waals surface area contributed by atoms with Crippen molar-refractivity contribution in [3.63, 3.8) is 0 Å². The van der Waals surface area contributed by atoms with Crippen LogP contribution in [0, 0.1) is 0 Å². The van der Waals surface area contributed by atoms with E-state index in [1.54, 1.807) is 6.07 Å². The van der Waals surface area contributed by atoms with Gasteiger partial charge < -0.3 is 9.72 Å². The normalized spacial score (nSPS) is 12.1. The molecule has 1 heterocycles. The highest BCUT2D eigenvalue weighted by molar-refractivity contribution is 5.47. The van der Waals surface area contributed by atoms with Crippen molar-refractivity contribution >= 4 is 6.08 Å². The zero-order chi connectivity index (χ0) is 12.3. The van der Waals surface area contributed by atoms with Crippen molar-refractivity contribution in [3.8, 4) is 5.75 Å². The van der Waals surface area contributed by atoms with Crippen LogP contribution >= 0.6 is 0 Å². The van der Waals surface area contributed by atoms with Crippen LogP contribution in [-0.4, -0.2) is 12.1 Å². The van der Waals surface area contributed by atoms with Gasteiger partial charge in [-0.2, -0.15) is 0 Å². The van der Waals surface area contributed by atoms with Gasteiger partial charge >= 0.3 is 0 Å². The topological polar surface area (TPSA) is 42.1 Å². The van der Waals surface area contributed by atoms with Gasteiger partial charge in [-0.3, -0.25) is 4.79 Å². The maximum Gasteiger partial charge on any atom is 0.224 e. The van der Waals surface area contributed by atoms with E-state index in [2.05, 4.69) is 4.98 Å². The van der Waals surface area contributed by atoms with Crippen molar-refractivity contribution in [1.29, 1.82) is 0 Å². The second-order valence-electron chi connectivity index (χ2n) is 4.75. The molecule has 0 radical (unpaired) electrons. The number of hydrogen-bond acceptors (Lipinski definition) is 2. The van der Waals surface area contributed by atoms with Crippen molar-refractivity contribution in [3.05, 3.63) is 33.8 Å². The maximum atomic E-state index is 11.8. The van der Waals surface area contributed by atoms with Crippen LogP contribution in [0.2, 0.25) is 0 Å². The third kappa shape index (κ3) is 2.54. The van der Waals surface area contributed by atoms with E-state index in [4.69, 9.17) is 4.74 Å². The van der Waals surface area contributed by atoms with Crippen molar-refractivity contribution in [1.82, 2.24) is 4.98 Å². The molecule has 1 N–H and O–H groups in total. The lowest BCUT2D eigenvalue weighted by Gasteiger charge is -2.21. The van der Waals surface area contributed by atoms with Crippen molar-refractivity contribution < 1.29 is 4.74 Å². The monoisotopic (exact) mass is 221 g/mol. The summed E-state index contributed by atoms with van der Waals surface area (Å²) in [6, 6.07) is 1.55. The molecule has 0 aromatic carbocycles. The molecule has 0 unspecified atom stereocenters. The van der Waals surface area contributed by atoms with Crippen LogP contribution < -0.4 is 10.2 Å². The Morgan fingerprint density at radius 1 is 1.38 bits per heavy atom. The van der Waals surface area contributed by atoms with Gasteiger partial charge in [0.2, 0.25) is 5.43 Å². The van der Waals surface area contributed by atoms with E-state index >= 15 is 0 Å². The van der Waals surface area contributed by atoms with E-state index in [1.807, 2.05) is 39.8 Å². The minimum absolute atomic E-state index is 0.0840. The second kappa shape index (κ2) is 4.56. The van der Waals surface area contributed by atoms with E-state index in [0.717, 1.165) is 11.4 Å². The van der Waals surface area contributed by atoms with Gasteiger partial charge in [-0.1, -0.05) is 26.8 Å². The Balaban J connectivity index is 3.49. The Morgan fingerprint density at radius 3 is 2.44 bits per heavy atom. The summed E-state index contributed by atoms with van der Waals surface area (Å²) in [6.07, 6.45) is 3.76. The second-order valence-corrected chi connectivity index (χ2v) is 4.75. The average Bonchev–Trinajstić information content (AvgIpc) is 2.16. The third-order valence-corrected chi connectivity index (χ3v) is 2.31. The largest absolute Gasteiger partial charge is 0.491 e. The van der Waals surface area contributed by atoms with Crippen LogP contribution in [0.4, 0.5) is 0 Å². The van der Waals surface area contributed by atoms with Gasteiger partial charge in [-0.05, 0) is 13.0 Å². The van der Waals surface area contributed by atoms with Crippen LogP contribution in [0.5, 0.6) is 5.75 Å². The summed E-state index contributed by atoms with van der Waals surface area (Å²) in [5.74, 6) is 0.403. The van der Waals surface area contributed by atoms with Crippen molar-refractivity contribution in [2.24, 2.45) is 0 Å². The smallest absolute Gasteiger partial charge is 0.224 e. The summed E-state index contributed by atoms with van der Waals surface area (Å²) in [6.45, 7) is 8.04. The van der Waals surface area contributed by atoms with Gasteiger partial charge in [-0.15, -0.1) is 0 Å². The van der Waals surface area contributed by atoms with Gasteiger partial charge in [0.15, 0.2) is 5.75 Å². The molecule has 0 aliphatic rings. The zero-order valence-corrected chi connectivity index (χ0v) is 10.5. The van der Waals surface area contributed by atoms with Crippen molar-refractivity contribution in [2.45, 2.75) is 33.1 Å². The molecule has 1 aromatic heterocycles. The van der Waals surface area contributed by atoms with Crippen LogP contribution in [0.3, 0.4) is 0 Å². The quantitative estimate of drug-likeness (QED) is 0.834. The van der Waals surface area contributed by atoms with Gasteiger partial charge in [0.1, 0.15) is 0 Å². The summed E-state index contributed by atoms with van der Waals surface area (Å²) >= 11 is 0. The van der Waals surface area contributed by atoms with Gasteiger partial charge in [0, 0.05) is 17.2 Å². The first-order chi connectivity index (χ1) is 7.40. The molecular formula is C13H19NO2. The number of H-pyrrole nitrogens is 1. The van der Waals surface area contributed by atoms with Gasteiger partial charge in [0.05, 0.1) is 12.8 Å². The van der Waals surface area contributed by atoms with E-state index < -0.39 is 0 Å². The summed E-state index contributed by atoms with van der Waals surface area (Å²) < 4.78 is 5.17. The Hall–Kier alpha value is -1.51. The highest BCUT2D eigenvalue weighted by Crippen LogP contribution is 2.26. The number of hydrogen-bond donors (Lipinski definition) is 1. The molecule has 3 nitrogen and oxygen atoms in total. The Labute approximate surface area is 96.2 Å². The van der Waals surface area contributed by atoms with E-state index in [-0.39, 0.29) is 10.8 Å². The molecule has 88 valence electrons.